The van der Waals surface area contributed by atoms with E-state index >= 15 is 0 Å². The van der Waals surface area contributed by atoms with Crippen LogP contribution in [0, 0.1) is 0 Å². The molecule has 0 radical (unpaired) electrons. The monoisotopic (exact) mass is 367 g/mol. The molecule has 0 bridgehead atoms. The van der Waals surface area contributed by atoms with E-state index < -0.39 is 11.9 Å². The summed E-state index contributed by atoms with van der Waals surface area (Å²) in [4.78, 5) is 27.4. The Labute approximate surface area is 155 Å². The number of carbonyl (C=O) groups excluding carboxylic acids is 2. The van der Waals surface area contributed by atoms with Crippen LogP contribution in [0.25, 0.3) is 10.4 Å². The second kappa shape index (κ2) is 7.84. The van der Waals surface area contributed by atoms with Gasteiger partial charge in [0, 0.05) is 16.8 Å². The Morgan fingerprint density at radius 1 is 1.00 bits per heavy atom. The topological polar surface area (TPSA) is 55.8 Å². The first-order chi connectivity index (χ1) is 12.7. The number of thiophene rings is 1. The summed E-state index contributed by atoms with van der Waals surface area (Å²) in [7, 11) is 2.56. The van der Waals surface area contributed by atoms with E-state index in [1.54, 1.807) is 34.6 Å². The summed E-state index contributed by atoms with van der Waals surface area (Å²) in [6, 6.07) is 11.7. The highest BCUT2D eigenvalue weighted by Crippen LogP contribution is 2.31. The van der Waals surface area contributed by atoms with Crippen molar-refractivity contribution >= 4 is 29.0 Å². The van der Waals surface area contributed by atoms with Crippen molar-refractivity contribution in [2.24, 2.45) is 0 Å². The first-order valence-electron chi connectivity index (χ1n) is 7.84. The molecule has 2 heterocycles. The lowest BCUT2D eigenvalue weighted by Gasteiger charge is -2.23. The van der Waals surface area contributed by atoms with Gasteiger partial charge in [0.05, 0.1) is 19.8 Å². The first-order valence-corrected chi connectivity index (χ1v) is 8.72. The molecule has 0 atom stereocenters. The summed E-state index contributed by atoms with van der Waals surface area (Å²) in [5.41, 5.74) is 1.99. The standard InChI is InChI=1S/C20H17NO4S/c1-24-19(22)16-9-3-4-11-21(18(16)20(23)25-2)15-8-5-7-14(13-15)17-10-6-12-26-17/h3-13H,1-2H3. The van der Waals surface area contributed by atoms with Gasteiger partial charge in [0.1, 0.15) is 5.70 Å². The fourth-order valence-electron chi connectivity index (χ4n) is 2.62. The molecular weight excluding hydrogens is 350 g/mol. The Morgan fingerprint density at radius 3 is 2.50 bits per heavy atom. The Morgan fingerprint density at radius 2 is 1.81 bits per heavy atom. The van der Waals surface area contributed by atoms with Crippen LogP contribution in [0.5, 0.6) is 0 Å². The highest BCUT2D eigenvalue weighted by molar-refractivity contribution is 7.13. The second-order valence-electron chi connectivity index (χ2n) is 5.34. The summed E-state index contributed by atoms with van der Waals surface area (Å²) < 4.78 is 9.74. The van der Waals surface area contributed by atoms with E-state index in [0.717, 1.165) is 16.1 Å². The van der Waals surface area contributed by atoms with Gasteiger partial charge in [0.2, 0.25) is 0 Å². The SMILES string of the molecule is COC(=O)C1=C(C(=O)OC)N(c2cccc(-c3cccs3)c2)C=CC=C1. The third-order valence-corrected chi connectivity index (χ3v) is 4.74. The van der Waals surface area contributed by atoms with Crippen LogP contribution in [-0.2, 0) is 19.1 Å². The quantitative estimate of drug-likeness (QED) is 0.767. The van der Waals surface area contributed by atoms with E-state index in [-0.39, 0.29) is 11.3 Å². The van der Waals surface area contributed by atoms with Crippen molar-refractivity contribution in [3.05, 3.63) is 77.5 Å². The van der Waals surface area contributed by atoms with Crippen LogP contribution in [-0.4, -0.2) is 26.2 Å². The minimum absolute atomic E-state index is 0.104. The number of ether oxygens (including phenoxy) is 2. The third kappa shape index (κ3) is 3.45. The number of carbonyl (C=O) groups is 2. The molecule has 2 aromatic rings. The number of benzene rings is 1. The number of nitrogens with zero attached hydrogens (tertiary/aromatic N) is 1. The van der Waals surface area contributed by atoms with E-state index in [9.17, 15) is 9.59 Å². The number of hydrogen-bond donors (Lipinski definition) is 0. The Hall–Kier alpha value is -3.12. The highest BCUT2D eigenvalue weighted by atomic mass is 32.1. The van der Waals surface area contributed by atoms with Gasteiger partial charge in [-0.25, -0.2) is 9.59 Å². The second-order valence-corrected chi connectivity index (χ2v) is 6.29. The van der Waals surface area contributed by atoms with Gasteiger partial charge in [-0.05, 0) is 41.3 Å². The summed E-state index contributed by atoms with van der Waals surface area (Å²) in [6.45, 7) is 0. The molecule has 0 unspecified atom stereocenters. The van der Waals surface area contributed by atoms with Crippen molar-refractivity contribution in [1.82, 2.24) is 0 Å². The molecule has 0 fully saturated rings. The molecule has 1 aromatic carbocycles. The number of hydrogen-bond acceptors (Lipinski definition) is 6. The zero-order valence-corrected chi connectivity index (χ0v) is 15.2. The molecule has 3 rings (SSSR count). The van der Waals surface area contributed by atoms with E-state index in [1.807, 2.05) is 41.8 Å². The minimum atomic E-state index is -0.622. The first kappa shape index (κ1) is 17.7. The van der Waals surface area contributed by atoms with Gasteiger partial charge in [0.25, 0.3) is 0 Å². The van der Waals surface area contributed by atoms with Gasteiger partial charge in [-0.15, -0.1) is 11.3 Å². The lowest BCUT2D eigenvalue weighted by molar-refractivity contribution is -0.139. The molecule has 1 aromatic heterocycles. The predicted octanol–water partition coefficient (Wildman–Crippen LogP) is 3.91. The van der Waals surface area contributed by atoms with Gasteiger partial charge >= 0.3 is 11.9 Å². The number of esters is 2. The van der Waals surface area contributed by atoms with E-state index in [0.29, 0.717) is 0 Å². The third-order valence-electron chi connectivity index (χ3n) is 3.82. The molecule has 0 saturated heterocycles. The lowest BCUT2D eigenvalue weighted by atomic mass is 10.1. The fourth-order valence-corrected chi connectivity index (χ4v) is 3.34. The molecule has 0 saturated carbocycles. The average Bonchev–Trinajstić information content (AvgIpc) is 3.13. The van der Waals surface area contributed by atoms with Crippen LogP contribution in [0.15, 0.2) is 77.5 Å². The van der Waals surface area contributed by atoms with Gasteiger partial charge < -0.3 is 14.4 Å². The smallest absolute Gasteiger partial charge is 0.355 e. The van der Waals surface area contributed by atoms with Crippen LogP contribution in [0.4, 0.5) is 5.69 Å². The highest BCUT2D eigenvalue weighted by Gasteiger charge is 2.27. The summed E-state index contributed by atoms with van der Waals surface area (Å²) >= 11 is 1.63. The fraction of sp³-hybridized carbons (Fsp3) is 0.100. The maximum Gasteiger partial charge on any atom is 0.355 e. The van der Waals surface area contributed by atoms with Crippen LogP contribution in [0.3, 0.4) is 0 Å². The molecule has 0 spiro atoms. The van der Waals surface area contributed by atoms with E-state index in [2.05, 4.69) is 0 Å². The molecule has 0 amide bonds. The van der Waals surface area contributed by atoms with Crippen molar-refractivity contribution in [3.63, 3.8) is 0 Å². The zero-order valence-electron chi connectivity index (χ0n) is 14.3. The summed E-state index contributed by atoms with van der Waals surface area (Å²) in [5, 5.41) is 2.01. The van der Waals surface area contributed by atoms with Crippen LogP contribution < -0.4 is 4.90 Å². The van der Waals surface area contributed by atoms with Gasteiger partial charge in [-0.1, -0.05) is 24.3 Å². The van der Waals surface area contributed by atoms with Crippen molar-refractivity contribution in [2.45, 2.75) is 0 Å². The average molecular weight is 367 g/mol. The molecule has 1 aliphatic heterocycles. The molecule has 26 heavy (non-hydrogen) atoms. The number of anilines is 1. The number of allylic oxidation sites excluding steroid dienone is 2. The molecule has 132 valence electrons. The minimum Gasteiger partial charge on any atom is -0.465 e. The Balaban J connectivity index is 2.14. The summed E-state index contributed by atoms with van der Waals surface area (Å²) in [5.74, 6) is -1.23. The van der Waals surface area contributed by atoms with Crippen molar-refractivity contribution in [1.29, 1.82) is 0 Å². The number of rotatable bonds is 4. The van der Waals surface area contributed by atoms with Crippen LogP contribution in [0.2, 0.25) is 0 Å². The Kier molecular flexibility index (Phi) is 5.34. The lowest BCUT2D eigenvalue weighted by Crippen LogP contribution is -2.26. The maximum atomic E-state index is 12.5. The normalized spacial score (nSPS) is 13.5. The molecule has 0 aliphatic carbocycles. The van der Waals surface area contributed by atoms with Gasteiger partial charge in [-0.2, -0.15) is 0 Å². The van der Waals surface area contributed by atoms with E-state index in [1.165, 1.54) is 20.3 Å². The van der Waals surface area contributed by atoms with Gasteiger partial charge in [-0.3, -0.25) is 0 Å². The molecule has 1 aliphatic rings. The molecule has 0 N–H and O–H groups in total. The van der Waals surface area contributed by atoms with Crippen molar-refractivity contribution in [3.8, 4) is 10.4 Å². The van der Waals surface area contributed by atoms with Crippen molar-refractivity contribution < 1.29 is 19.1 Å². The van der Waals surface area contributed by atoms with E-state index in [4.69, 9.17) is 9.47 Å². The summed E-state index contributed by atoms with van der Waals surface area (Å²) in [6.07, 6.45) is 6.68. The van der Waals surface area contributed by atoms with Crippen LogP contribution in [0.1, 0.15) is 0 Å². The molecular formula is C20H17NO4S. The maximum absolute atomic E-state index is 12.5. The molecule has 6 heteroatoms. The zero-order chi connectivity index (χ0) is 18.5. The molecule has 5 nitrogen and oxygen atoms in total. The van der Waals surface area contributed by atoms with Crippen molar-refractivity contribution in [2.75, 3.05) is 19.1 Å². The predicted molar refractivity (Wildman–Crippen MR) is 102 cm³/mol. The van der Waals surface area contributed by atoms with Gasteiger partial charge in [0.15, 0.2) is 0 Å². The number of methoxy groups -OCH3 is 2. The Bertz CT molecular complexity index is 910. The van der Waals surface area contributed by atoms with Crippen LogP contribution >= 0.6 is 11.3 Å². The largest absolute Gasteiger partial charge is 0.465 e.